The molecule has 1 aromatic rings. The van der Waals surface area contributed by atoms with E-state index >= 15 is 0 Å². The van der Waals surface area contributed by atoms with Crippen molar-refractivity contribution in [1.82, 2.24) is 0 Å². The molecular formula is C21H30N2O. The van der Waals surface area contributed by atoms with Crippen LogP contribution in [0, 0.1) is 5.41 Å². The second-order valence-electron chi connectivity index (χ2n) is 9.11. The van der Waals surface area contributed by atoms with Crippen molar-refractivity contribution < 1.29 is 4.79 Å². The van der Waals surface area contributed by atoms with Crippen molar-refractivity contribution in [2.75, 3.05) is 16.8 Å². The lowest BCUT2D eigenvalue weighted by Crippen LogP contribution is -2.32. The zero-order valence-electron chi connectivity index (χ0n) is 15.3. The van der Waals surface area contributed by atoms with Crippen molar-refractivity contribution in [2.45, 2.75) is 77.7 Å². The molecule has 1 aromatic carbocycles. The summed E-state index contributed by atoms with van der Waals surface area (Å²) in [5.74, 6) is 0.820. The lowest BCUT2D eigenvalue weighted by atomic mass is 9.88. The van der Waals surface area contributed by atoms with Gasteiger partial charge in [0.15, 0.2) is 0 Å². The Bertz CT molecular complexity index is 659. The highest BCUT2D eigenvalue weighted by Crippen LogP contribution is 2.51. The summed E-state index contributed by atoms with van der Waals surface area (Å²) in [6, 6.07) is 5.22. The van der Waals surface area contributed by atoms with Gasteiger partial charge in [0.05, 0.1) is 0 Å². The zero-order chi connectivity index (χ0) is 16.9. The molecule has 2 aliphatic heterocycles. The molecule has 0 saturated heterocycles. The molecule has 130 valence electrons. The maximum absolute atomic E-state index is 12.4. The van der Waals surface area contributed by atoms with Crippen LogP contribution in [-0.4, -0.2) is 18.5 Å². The number of amides is 1. The van der Waals surface area contributed by atoms with Gasteiger partial charge in [0.2, 0.25) is 5.91 Å². The van der Waals surface area contributed by atoms with E-state index in [9.17, 15) is 4.79 Å². The average molecular weight is 326 g/mol. The Labute approximate surface area is 145 Å². The minimum absolute atomic E-state index is 0.0286. The van der Waals surface area contributed by atoms with Gasteiger partial charge in [-0.15, -0.1) is 0 Å². The fourth-order valence-corrected chi connectivity index (χ4v) is 5.01. The van der Waals surface area contributed by atoms with Crippen LogP contribution >= 0.6 is 0 Å². The van der Waals surface area contributed by atoms with E-state index in [2.05, 4.69) is 43.1 Å². The van der Waals surface area contributed by atoms with Crippen molar-refractivity contribution in [3.63, 3.8) is 0 Å². The van der Waals surface area contributed by atoms with Crippen LogP contribution in [0.15, 0.2) is 12.1 Å². The maximum atomic E-state index is 12.4. The first kappa shape index (κ1) is 16.0. The molecule has 1 fully saturated rings. The van der Waals surface area contributed by atoms with E-state index in [1.807, 2.05) is 0 Å². The normalized spacial score (nSPS) is 25.2. The molecular weight excluding hydrogens is 296 g/mol. The second kappa shape index (κ2) is 5.79. The molecule has 0 spiro atoms. The number of benzene rings is 1. The molecule has 2 atom stereocenters. The maximum Gasteiger partial charge on any atom is 0.224 e. The summed E-state index contributed by atoms with van der Waals surface area (Å²) in [5, 5.41) is 3.18. The van der Waals surface area contributed by atoms with Gasteiger partial charge in [-0.05, 0) is 47.9 Å². The smallest absolute Gasteiger partial charge is 0.224 e. The largest absolute Gasteiger partial charge is 0.367 e. The first-order valence-electron chi connectivity index (χ1n) is 9.66. The highest BCUT2D eigenvalue weighted by molar-refractivity contribution is 5.92. The quantitative estimate of drug-likeness (QED) is 0.842. The summed E-state index contributed by atoms with van der Waals surface area (Å²) in [5.41, 5.74) is 5.53. The summed E-state index contributed by atoms with van der Waals surface area (Å²) in [6.45, 7) is 7.51. The molecule has 24 heavy (non-hydrogen) atoms. The molecule has 1 saturated carbocycles. The molecule has 0 radical (unpaired) electrons. The number of carbonyl (C=O) groups is 1. The molecule has 1 amide bonds. The molecule has 0 aromatic heterocycles. The number of fused-ring (bicyclic) bond motifs is 3. The Morgan fingerprint density at radius 1 is 1.21 bits per heavy atom. The molecule has 3 aliphatic rings. The van der Waals surface area contributed by atoms with E-state index in [0.29, 0.717) is 18.4 Å². The highest BCUT2D eigenvalue weighted by Gasteiger charge is 2.42. The lowest BCUT2D eigenvalue weighted by Gasteiger charge is -2.26. The fourth-order valence-electron chi connectivity index (χ4n) is 5.01. The van der Waals surface area contributed by atoms with E-state index in [0.717, 1.165) is 12.1 Å². The fraction of sp³-hybridized carbons (Fsp3) is 0.667. The van der Waals surface area contributed by atoms with E-state index in [1.165, 1.54) is 55.5 Å². The van der Waals surface area contributed by atoms with Gasteiger partial charge in [-0.3, -0.25) is 4.79 Å². The van der Waals surface area contributed by atoms with Crippen LogP contribution in [0.5, 0.6) is 0 Å². The van der Waals surface area contributed by atoms with E-state index in [1.54, 1.807) is 0 Å². The van der Waals surface area contributed by atoms with Crippen LogP contribution in [0.3, 0.4) is 0 Å². The van der Waals surface area contributed by atoms with Gasteiger partial charge in [0.25, 0.3) is 0 Å². The van der Waals surface area contributed by atoms with Crippen molar-refractivity contribution in [3.8, 4) is 0 Å². The Hall–Kier alpha value is -1.51. The van der Waals surface area contributed by atoms with Crippen LogP contribution < -0.4 is 10.2 Å². The number of rotatable bonds is 2. The van der Waals surface area contributed by atoms with Crippen LogP contribution in [-0.2, 0) is 11.2 Å². The Balaban J connectivity index is 1.62. The summed E-state index contributed by atoms with van der Waals surface area (Å²) >= 11 is 0. The Morgan fingerprint density at radius 2 is 2.00 bits per heavy atom. The van der Waals surface area contributed by atoms with Gasteiger partial charge < -0.3 is 10.2 Å². The molecule has 0 bridgehead atoms. The zero-order valence-corrected chi connectivity index (χ0v) is 15.3. The summed E-state index contributed by atoms with van der Waals surface area (Å²) in [4.78, 5) is 15.0. The highest BCUT2D eigenvalue weighted by atomic mass is 16.1. The first-order chi connectivity index (χ1) is 11.4. The predicted octanol–water partition coefficient (Wildman–Crippen LogP) is 4.85. The number of anilines is 2. The van der Waals surface area contributed by atoms with Crippen molar-refractivity contribution in [3.05, 3.63) is 23.3 Å². The molecule has 2 heterocycles. The number of nitrogens with one attached hydrogen (secondary N) is 1. The minimum atomic E-state index is 0.0286. The van der Waals surface area contributed by atoms with Gasteiger partial charge in [-0.1, -0.05) is 40.0 Å². The van der Waals surface area contributed by atoms with Crippen molar-refractivity contribution >= 4 is 17.3 Å². The molecule has 1 aliphatic carbocycles. The van der Waals surface area contributed by atoms with Gasteiger partial charge in [0, 0.05) is 36.3 Å². The Morgan fingerprint density at radius 3 is 2.79 bits per heavy atom. The second-order valence-corrected chi connectivity index (χ2v) is 9.11. The Kier molecular flexibility index (Phi) is 3.85. The molecule has 3 nitrogen and oxygen atoms in total. The van der Waals surface area contributed by atoms with Crippen LogP contribution in [0.1, 0.15) is 76.3 Å². The van der Waals surface area contributed by atoms with E-state index in [4.69, 9.17) is 0 Å². The van der Waals surface area contributed by atoms with Crippen LogP contribution in [0.2, 0.25) is 0 Å². The monoisotopic (exact) mass is 326 g/mol. The summed E-state index contributed by atoms with van der Waals surface area (Å²) < 4.78 is 0. The standard InChI is InChI=1S/C21H30N2O/c1-21(2,3)13-19(24)22-15-11-14-9-10-23-18-8-6-4-5-7-16(18)17(12-15)20(14)23/h11-12,16,18H,4-10,13H2,1-3H3,(H,22,24). The third-order valence-corrected chi connectivity index (χ3v) is 5.88. The van der Waals surface area contributed by atoms with Gasteiger partial charge in [-0.2, -0.15) is 0 Å². The van der Waals surface area contributed by atoms with Crippen LogP contribution in [0.25, 0.3) is 0 Å². The third kappa shape index (κ3) is 2.82. The van der Waals surface area contributed by atoms with Crippen molar-refractivity contribution in [2.24, 2.45) is 5.41 Å². The number of nitrogens with zero attached hydrogens (tertiary/aromatic N) is 1. The van der Waals surface area contributed by atoms with E-state index in [-0.39, 0.29) is 11.3 Å². The number of hydrogen-bond donors (Lipinski definition) is 1. The van der Waals surface area contributed by atoms with Crippen molar-refractivity contribution in [1.29, 1.82) is 0 Å². The first-order valence-corrected chi connectivity index (χ1v) is 9.66. The molecule has 2 unspecified atom stereocenters. The molecule has 3 heteroatoms. The number of carbonyl (C=O) groups excluding carboxylic acids is 1. The topological polar surface area (TPSA) is 32.3 Å². The average Bonchev–Trinajstić information content (AvgIpc) is 2.91. The van der Waals surface area contributed by atoms with Gasteiger partial charge >= 0.3 is 0 Å². The van der Waals surface area contributed by atoms with E-state index < -0.39 is 0 Å². The molecule has 1 N–H and O–H groups in total. The van der Waals surface area contributed by atoms with Crippen LogP contribution in [0.4, 0.5) is 11.4 Å². The summed E-state index contributed by atoms with van der Waals surface area (Å²) in [7, 11) is 0. The van der Waals surface area contributed by atoms with Gasteiger partial charge in [0.1, 0.15) is 0 Å². The predicted molar refractivity (Wildman–Crippen MR) is 99.8 cm³/mol. The summed E-state index contributed by atoms with van der Waals surface area (Å²) in [6.07, 6.45) is 8.45. The minimum Gasteiger partial charge on any atom is -0.367 e. The third-order valence-electron chi connectivity index (χ3n) is 5.88. The SMILES string of the molecule is CC(C)(C)CC(=O)Nc1cc2c3c(c1)C1CCCCCC1N3CC2. The molecule has 4 rings (SSSR count). The number of hydrogen-bond acceptors (Lipinski definition) is 2. The lowest BCUT2D eigenvalue weighted by molar-refractivity contribution is -0.117. The van der Waals surface area contributed by atoms with Gasteiger partial charge in [-0.25, -0.2) is 0 Å².